The summed E-state index contributed by atoms with van der Waals surface area (Å²) in [6.45, 7) is 4.43. The summed E-state index contributed by atoms with van der Waals surface area (Å²) in [4.78, 5) is 6.70. The van der Waals surface area contributed by atoms with Gasteiger partial charge in [-0.2, -0.15) is 0 Å². The van der Waals surface area contributed by atoms with Gasteiger partial charge in [-0.1, -0.05) is 17.7 Å². The highest BCUT2D eigenvalue weighted by Gasteiger charge is 2.21. The van der Waals surface area contributed by atoms with Crippen LogP contribution in [0.15, 0.2) is 35.8 Å². The van der Waals surface area contributed by atoms with Crippen LogP contribution >= 0.6 is 35.6 Å². The summed E-state index contributed by atoms with van der Waals surface area (Å²) >= 11 is 6.19. The first-order valence-electron chi connectivity index (χ1n) is 10.1. The fourth-order valence-electron chi connectivity index (χ4n) is 3.56. The van der Waals surface area contributed by atoms with Gasteiger partial charge in [0, 0.05) is 44.3 Å². The minimum atomic E-state index is -0.298. The Morgan fingerprint density at radius 3 is 2.83 bits per heavy atom. The van der Waals surface area contributed by atoms with Crippen molar-refractivity contribution in [1.29, 1.82) is 0 Å². The molecule has 0 radical (unpaired) electrons. The molecule has 7 nitrogen and oxygen atoms in total. The summed E-state index contributed by atoms with van der Waals surface area (Å²) in [7, 11) is 1.80. The summed E-state index contributed by atoms with van der Waals surface area (Å²) < 4.78 is 15.2. The van der Waals surface area contributed by atoms with Crippen LogP contribution in [0.5, 0.6) is 0 Å². The molecule has 1 atom stereocenters. The Morgan fingerprint density at radius 1 is 1.30 bits per heavy atom. The van der Waals surface area contributed by atoms with Crippen molar-refractivity contribution in [3.8, 4) is 0 Å². The molecule has 1 aromatic heterocycles. The van der Waals surface area contributed by atoms with Crippen LogP contribution in [0.1, 0.15) is 31.2 Å². The zero-order valence-corrected chi connectivity index (χ0v) is 20.3. The molecule has 0 saturated carbocycles. The first kappa shape index (κ1) is 24.8. The Kier molecular flexibility index (Phi) is 10.8. The van der Waals surface area contributed by atoms with Crippen molar-refractivity contribution in [2.75, 3.05) is 26.7 Å². The number of likely N-dealkylation sites (tertiary alicyclic amines) is 1. The SMILES string of the molecule is CN=C(NCCCCn1cnnc1)NC1CCCN(Cc2ccc(F)cc2Cl)C1.I. The van der Waals surface area contributed by atoms with Crippen LogP contribution in [0.2, 0.25) is 5.02 Å². The predicted octanol–water partition coefficient (Wildman–Crippen LogP) is 3.30. The molecule has 1 aromatic carbocycles. The van der Waals surface area contributed by atoms with Gasteiger partial charge in [0.2, 0.25) is 0 Å². The number of hydrogen-bond acceptors (Lipinski definition) is 4. The number of guanidine groups is 1. The molecule has 1 unspecified atom stereocenters. The number of unbranched alkanes of at least 4 members (excludes halogenated alkanes) is 1. The van der Waals surface area contributed by atoms with E-state index in [1.54, 1.807) is 25.8 Å². The molecule has 2 N–H and O–H groups in total. The lowest BCUT2D eigenvalue weighted by atomic mass is 10.0. The third-order valence-corrected chi connectivity index (χ3v) is 5.43. The summed E-state index contributed by atoms with van der Waals surface area (Å²) in [5.74, 6) is 0.537. The second-order valence-corrected chi connectivity index (χ2v) is 7.77. The summed E-state index contributed by atoms with van der Waals surface area (Å²) in [6.07, 6.45) is 7.77. The van der Waals surface area contributed by atoms with E-state index in [0.717, 1.165) is 69.9 Å². The highest BCUT2D eigenvalue weighted by Crippen LogP contribution is 2.21. The Bertz CT molecular complexity index is 787. The second kappa shape index (κ2) is 13.1. The van der Waals surface area contributed by atoms with E-state index in [4.69, 9.17) is 11.6 Å². The second-order valence-electron chi connectivity index (χ2n) is 7.36. The van der Waals surface area contributed by atoms with Crippen LogP contribution in [0.3, 0.4) is 0 Å². The number of aliphatic imine (C=N–C) groups is 1. The van der Waals surface area contributed by atoms with Crippen molar-refractivity contribution >= 4 is 41.5 Å². The zero-order valence-electron chi connectivity index (χ0n) is 17.2. The molecule has 1 aliphatic heterocycles. The maximum Gasteiger partial charge on any atom is 0.191 e. The number of hydrogen-bond donors (Lipinski definition) is 2. The maximum atomic E-state index is 13.3. The van der Waals surface area contributed by atoms with Gasteiger partial charge in [-0.3, -0.25) is 9.89 Å². The van der Waals surface area contributed by atoms with E-state index in [1.165, 1.54) is 12.1 Å². The average molecular weight is 550 g/mol. The summed E-state index contributed by atoms with van der Waals surface area (Å²) in [5, 5.41) is 15.0. The van der Waals surface area contributed by atoms with E-state index in [2.05, 4.69) is 30.7 Å². The smallest absolute Gasteiger partial charge is 0.191 e. The zero-order chi connectivity index (χ0) is 20.5. The van der Waals surface area contributed by atoms with Crippen LogP contribution in [0, 0.1) is 5.82 Å². The number of aryl methyl sites for hydroxylation is 1. The lowest BCUT2D eigenvalue weighted by molar-refractivity contribution is 0.192. The molecule has 0 spiro atoms. The van der Waals surface area contributed by atoms with E-state index < -0.39 is 0 Å². The maximum absolute atomic E-state index is 13.3. The number of halogens is 3. The lowest BCUT2D eigenvalue weighted by Crippen LogP contribution is -2.51. The average Bonchev–Trinajstić information content (AvgIpc) is 3.23. The molecule has 1 aliphatic rings. The first-order valence-corrected chi connectivity index (χ1v) is 10.5. The van der Waals surface area contributed by atoms with Crippen LogP contribution < -0.4 is 10.6 Å². The number of aromatic nitrogens is 3. The monoisotopic (exact) mass is 549 g/mol. The Labute approximate surface area is 199 Å². The van der Waals surface area contributed by atoms with Gasteiger partial charge in [0.1, 0.15) is 18.5 Å². The molecule has 166 valence electrons. The van der Waals surface area contributed by atoms with Crippen molar-refractivity contribution in [3.05, 3.63) is 47.3 Å². The molecular formula is C20H30ClFIN7. The summed E-state index contributed by atoms with van der Waals surface area (Å²) in [6, 6.07) is 4.95. The quantitative estimate of drug-likeness (QED) is 0.229. The Balaban J connectivity index is 0.00000320. The highest BCUT2D eigenvalue weighted by molar-refractivity contribution is 14.0. The van der Waals surface area contributed by atoms with Crippen molar-refractivity contribution in [2.24, 2.45) is 4.99 Å². The van der Waals surface area contributed by atoms with Crippen molar-refractivity contribution in [3.63, 3.8) is 0 Å². The van der Waals surface area contributed by atoms with E-state index in [-0.39, 0.29) is 29.8 Å². The topological polar surface area (TPSA) is 70.4 Å². The number of benzene rings is 1. The Morgan fingerprint density at radius 2 is 2.10 bits per heavy atom. The van der Waals surface area contributed by atoms with Crippen molar-refractivity contribution < 1.29 is 4.39 Å². The van der Waals surface area contributed by atoms with Crippen LogP contribution in [0.4, 0.5) is 4.39 Å². The molecule has 30 heavy (non-hydrogen) atoms. The van der Waals surface area contributed by atoms with Gasteiger partial charge in [-0.25, -0.2) is 4.39 Å². The van der Waals surface area contributed by atoms with E-state index in [0.29, 0.717) is 11.1 Å². The van der Waals surface area contributed by atoms with Crippen molar-refractivity contribution in [1.82, 2.24) is 30.3 Å². The van der Waals surface area contributed by atoms with E-state index in [1.807, 2.05) is 4.57 Å². The number of rotatable bonds is 8. The molecule has 2 aromatic rings. The molecule has 2 heterocycles. The third kappa shape index (κ3) is 7.99. The van der Waals surface area contributed by atoms with Crippen LogP contribution in [-0.2, 0) is 13.1 Å². The van der Waals surface area contributed by atoms with Gasteiger partial charge in [-0.05, 0) is 49.9 Å². The highest BCUT2D eigenvalue weighted by atomic mass is 127. The largest absolute Gasteiger partial charge is 0.356 e. The molecule has 0 amide bonds. The lowest BCUT2D eigenvalue weighted by Gasteiger charge is -2.34. The predicted molar refractivity (Wildman–Crippen MR) is 129 cm³/mol. The number of nitrogens with zero attached hydrogens (tertiary/aromatic N) is 5. The molecule has 0 bridgehead atoms. The molecule has 1 saturated heterocycles. The standard InChI is InChI=1S/C20H29ClFN7.HI/c1-23-20(24-8-2-3-9-29-14-25-26-15-29)27-18-5-4-10-28(13-18)12-16-6-7-17(22)11-19(16)21;/h6-7,11,14-15,18H,2-5,8-10,12-13H2,1H3,(H2,23,24,27);1H. The van der Waals surface area contributed by atoms with Gasteiger partial charge >= 0.3 is 0 Å². The Hall–Kier alpha value is -1.46. The van der Waals surface area contributed by atoms with Crippen LogP contribution in [0.25, 0.3) is 0 Å². The third-order valence-electron chi connectivity index (χ3n) is 5.08. The molecule has 3 rings (SSSR count). The normalized spacial score (nSPS) is 17.4. The minimum absolute atomic E-state index is 0. The van der Waals surface area contributed by atoms with Gasteiger partial charge < -0.3 is 15.2 Å². The van der Waals surface area contributed by atoms with E-state index in [9.17, 15) is 4.39 Å². The fraction of sp³-hybridized carbons (Fsp3) is 0.550. The van der Waals surface area contributed by atoms with Gasteiger partial charge in [0.15, 0.2) is 5.96 Å². The fourth-order valence-corrected chi connectivity index (χ4v) is 3.79. The number of piperidine rings is 1. The molecule has 0 aliphatic carbocycles. The van der Waals surface area contributed by atoms with Crippen molar-refractivity contribution in [2.45, 2.75) is 44.8 Å². The first-order chi connectivity index (χ1) is 14.1. The number of nitrogens with one attached hydrogen (secondary N) is 2. The van der Waals surface area contributed by atoms with E-state index >= 15 is 0 Å². The molecule has 10 heteroatoms. The summed E-state index contributed by atoms with van der Waals surface area (Å²) in [5.41, 5.74) is 0.962. The minimum Gasteiger partial charge on any atom is -0.356 e. The van der Waals surface area contributed by atoms with Crippen LogP contribution in [-0.4, -0.2) is 58.3 Å². The molecule has 1 fully saturated rings. The van der Waals surface area contributed by atoms with Gasteiger partial charge in [-0.15, -0.1) is 34.2 Å². The molecular weight excluding hydrogens is 520 g/mol. The van der Waals surface area contributed by atoms with Gasteiger partial charge in [0.05, 0.1) is 0 Å². The van der Waals surface area contributed by atoms with Gasteiger partial charge in [0.25, 0.3) is 0 Å².